The fourth-order valence-corrected chi connectivity index (χ4v) is 3.18. The molecule has 0 N–H and O–H groups in total. The Morgan fingerprint density at radius 1 is 1.30 bits per heavy atom. The monoisotopic (exact) mass is 338 g/mol. The quantitative estimate of drug-likeness (QED) is 0.786. The summed E-state index contributed by atoms with van der Waals surface area (Å²) in [6.07, 6.45) is 2.76. The largest absolute Gasteiger partial charge is 0.466 e. The topological polar surface area (TPSA) is 43.4 Å². The van der Waals surface area contributed by atoms with Gasteiger partial charge in [0.2, 0.25) is 0 Å². The number of hydrogen-bond donors (Lipinski definition) is 0. The molecule has 1 aromatic carbocycles. The molecule has 0 atom stereocenters. The second kappa shape index (κ2) is 6.53. The fourth-order valence-electron chi connectivity index (χ4n) is 2.75. The summed E-state index contributed by atoms with van der Waals surface area (Å²) in [4.78, 5) is 23.9. The van der Waals surface area contributed by atoms with E-state index in [1.807, 2.05) is 31.2 Å². The number of ether oxygens (including phenoxy) is 1. The summed E-state index contributed by atoms with van der Waals surface area (Å²) in [5.41, 5.74) is 0.545. The third kappa shape index (κ3) is 3.29. The van der Waals surface area contributed by atoms with Crippen LogP contribution in [-0.2, 0) is 20.7 Å². The second-order valence-corrected chi connectivity index (χ2v) is 6.16. The van der Waals surface area contributed by atoms with Gasteiger partial charge in [0.05, 0.1) is 12.0 Å². The first-order valence-electron chi connectivity index (χ1n) is 7.00. The normalized spacial score (nSPS) is 17.8. The van der Waals surface area contributed by atoms with Crippen molar-refractivity contribution in [3.05, 3.63) is 34.3 Å². The summed E-state index contributed by atoms with van der Waals surface area (Å²) >= 11 is 3.53. The summed E-state index contributed by atoms with van der Waals surface area (Å²) in [6, 6.07) is 7.91. The number of carbonyl (C=O) groups is 2. The van der Waals surface area contributed by atoms with Gasteiger partial charge < -0.3 is 4.74 Å². The Kier molecular flexibility index (Phi) is 4.97. The van der Waals surface area contributed by atoms with Gasteiger partial charge in [-0.1, -0.05) is 34.1 Å². The molecule has 1 fully saturated rings. The lowest BCUT2D eigenvalue weighted by Gasteiger charge is -2.34. The average Bonchev–Trinajstić information content (AvgIpc) is 2.44. The van der Waals surface area contributed by atoms with Crippen LogP contribution in [-0.4, -0.2) is 18.4 Å². The highest BCUT2D eigenvalue weighted by Gasteiger charge is 2.43. The molecule has 0 aromatic heterocycles. The van der Waals surface area contributed by atoms with Crippen LogP contribution in [0.5, 0.6) is 0 Å². The average molecular weight is 339 g/mol. The van der Waals surface area contributed by atoms with Gasteiger partial charge in [-0.15, -0.1) is 0 Å². The number of carbonyl (C=O) groups excluding carboxylic acids is 2. The molecule has 0 aliphatic heterocycles. The zero-order valence-corrected chi connectivity index (χ0v) is 13.2. The lowest BCUT2D eigenvalue weighted by atomic mass is 9.70. The Morgan fingerprint density at radius 3 is 2.55 bits per heavy atom. The molecular weight excluding hydrogens is 320 g/mol. The van der Waals surface area contributed by atoms with Crippen LogP contribution in [0.2, 0.25) is 0 Å². The van der Waals surface area contributed by atoms with Crippen LogP contribution in [0.3, 0.4) is 0 Å². The van der Waals surface area contributed by atoms with Crippen LogP contribution in [0.15, 0.2) is 28.7 Å². The first-order chi connectivity index (χ1) is 9.57. The van der Waals surface area contributed by atoms with E-state index in [1.165, 1.54) is 0 Å². The number of halogens is 1. The molecule has 1 aromatic rings. The van der Waals surface area contributed by atoms with Crippen molar-refractivity contribution in [1.29, 1.82) is 0 Å². The van der Waals surface area contributed by atoms with Crippen LogP contribution >= 0.6 is 15.9 Å². The molecule has 2 rings (SSSR count). The maximum absolute atomic E-state index is 12.4. The number of ketones is 1. The van der Waals surface area contributed by atoms with Gasteiger partial charge in [0.15, 0.2) is 0 Å². The first kappa shape index (κ1) is 15.2. The minimum Gasteiger partial charge on any atom is -0.466 e. The van der Waals surface area contributed by atoms with E-state index in [-0.39, 0.29) is 11.8 Å². The van der Waals surface area contributed by atoms with Gasteiger partial charge in [-0.3, -0.25) is 9.59 Å². The number of hydrogen-bond acceptors (Lipinski definition) is 3. The third-order valence-corrected chi connectivity index (χ3v) is 4.73. The summed E-state index contributed by atoms with van der Waals surface area (Å²) < 4.78 is 6.27. The van der Waals surface area contributed by atoms with Gasteiger partial charge in [-0.25, -0.2) is 0 Å². The zero-order chi connectivity index (χ0) is 14.6. The molecule has 20 heavy (non-hydrogen) atoms. The highest BCUT2D eigenvalue weighted by molar-refractivity contribution is 9.10. The van der Waals surface area contributed by atoms with Gasteiger partial charge >= 0.3 is 5.97 Å². The molecular formula is C16H19BrO3. The molecule has 3 nitrogen and oxygen atoms in total. The van der Waals surface area contributed by atoms with E-state index in [4.69, 9.17) is 4.74 Å². The smallest absolute Gasteiger partial charge is 0.312 e. The highest BCUT2D eigenvalue weighted by Crippen LogP contribution is 2.40. The number of esters is 1. The van der Waals surface area contributed by atoms with E-state index in [2.05, 4.69) is 15.9 Å². The van der Waals surface area contributed by atoms with Crippen molar-refractivity contribution in [3.63, 3.8) is 0 Å². The maximum atomic E-state index is 12.4. The second-order valence-electron chi connectivity index (χ2n) is 5.31. The molecule has 1 aliphatic carbocycles. The predicted molar refractivity (Wildman–Crippen MR) is 80.4 cm³/mol. The molecule has 4 heteroatoms. The van der Waals surface area contributed by atoms with Crippen LogP contribution in [0, 0.1) is 5.41 Å². The summed E-state index contributed by atoms with van der Waals surface area (Å²) in [5, 5.41) is 0. The number of Topliss-reactive ketones (excluding diaryl/α,β-unsaturated/α-hetero) is 1. The van der Waals surface area contributed by atoms with E-state index in [0.29, 0.717) is 38.7 Å². The van der Waals surface area contributed by atoms with E-state index >= 15 is 0 Å². The minimum absolute atomic E-state index is 0.164. The van der Waals surface area contributed by atoms with E-state index in [9.17, 15) is 9.59 Å². The molecule has 0 bridgehead atoms. The predicted octanol–water partition coefficient (Wildman–Crippen LogP) is 3.68. The molecule has 0 unspecified atom stereocenters. The Hall–Kier alpha value is -1.16. The molecule has 0 saturated heterocycles. The van der Waals surface area contributed by atoms with Gasteiger partial charge in [-0.2, -0.15) is 0 Å². The van der Waals surface area contributed by atoms with E-state index in [0.717, 1.165) is 10.0 Å². The van der Waals surface area contributed by atoms with Crippen LogP contribution in [0.1, 0.15) is 38.2 Å². The molecule has 0 heterocycles. The SMILES string of the molecule is CCOC(=O)C1(Cc2ccccc2Br)CCC(=O)CC1. The fraction of sp³-hybridized carbons (Fsp3) is 0.500. The molecule has 1 aliphatic rings. The van der Waals surface area contributed by atoms with Crippen molar-refractivity contribution >= 4 is 27.7 Å². The molecule has 1 saturated carbocycles. The molecule has 0 radical (unpaired) electrons. The highest BCUT2D eigenvalue weighted by atomic mass is 79.9. The summed E-state index contributed by atoms with van der Waals surface area (Å²) in [6.45, 7) is 2.20. The van der Waals surface area contributed by atoms with E-state index in [1.54, 1.807) is 0 Å². The van der Waals surface area contributed by atoms with Crippen molar-refractivity contribution in [1.82, 2.24) is 0 Å². The van der Waals surface area contributed by atoms with Crippen molar-refractivity contribution in [2.45, 2.75) is 39.0 Å². The van der Waals surface area contributed by atoms with Crippen LogP contribution < -0.4 is 0 Å². The summed E-state index contributed by atoms with van der Waals surface area (Å²) in [5.74, 6) is 0.0836. The van der Waals surface area contributed by atoms with Crippen molar-refractivity contribution in [2.24, 2.45) is 5.41 Å². The molecule has 108 valence electrons. The van der Waals surface area contributed by atoms with Gasteiger partial charge in [0, 0.05) is 17.3 Å². The lowest BCUT2D eigenvalue weighted by Crippen LogP contribution is -2.39. The van der Waals surface area contributed by atoms with Gasteiger partial charge in [-0.05, 0) is 37.8 Å². The number of rotatable bonds is 4. The maximum Gasteiger partial charge on any atom is 0.312 e. The van der Waals surface area contributed by atoms with E-state index < -0.39 is 5.41 Å². The van der Waals surface area contributed by atoms with Crippen LogP contribution in [0.4, 0.5) is 0 Å². The Labute approximate surface area is 127 Å². The molecule has 0 spiro atoms. The van der Waals surface area contributed by atoms with Crippen molar-refractivity contribution < 1.29 is 14.3 Å². The molecule has 0 amide bonds. The Bertz CT molecular complexity index is 500. The summed E-state index contributed by atoms with van der Waals surface area (Å²) in [7, 11) is 0. The van der Waals surface area contributed by atoms with Crippen molar-refractivity contribution in [3.8, 4) is 0 Å². The van der Waals surface area contributed by atoms with Gasteiger partial charge in [0.1, 0.15) is 5.78 Å². The number of benzene rings is 1. The first-order valence-corrected chi connectivity index (χ1v) is 7.79. The standard InChI is InChI=1S/C16H19BrO3/c1-2-20-15(19)16(9-7-13(18)8-10-16)11-12-5-3-4-6-14(12)17/h3-6H,2,7-11H2,1H3. The lowest BCUT2D eigenvalue weighted by molar-refractivity contribution is -0.158. The minimum atomic E-state index is -0.548. The van der Waals surface area contributed by atoms with Crippen molar-refractivity contribution in [2.75, 3.05) is 6.61 Å². The van der Waals surface area contributed by atoms with Crippen LogP contribution in [0.25, 0.3) is 0 Å². The Morgan fingerprint density at radius 2 is 1.95 bits per heavy atom. The zero-order valence-electron chi connectivity index (χ0n) is 11.7. The third-order valence-electron chi connectivity index (χ3n) is 3.96. The van der Waals surface area contributed by atoms with Gasteiger partial charge in [0.25, 0.3) is 0 Å². The Balaban J connectivity index is 2.25.